The van der Waals surface area contributed by atoms with Crippen molar-refractivity contribution in [2.45, 2.75) is 39.2 Å². The Bertz CT molecular complexity index is 508. The molecular weight excluding hydrogens is 244 g/mol. The topological polar surface area (TPSA) is 24.9 Å². The van der Waals surface area contributed by atoms with Crippen LogP contribution in [-0.4, -0.2) is 11.5 Å². The van der Waals surface area contributed by atoms with Gasteiger partial charge in [0.25, 0.3) is 0 Å². The van der Waals surface area contributed by atoms with Gasteiger partial charge in [0.2, 0.25) is 0 Å². The maximum Gasteiger partial charge on any atom is 0.0360 e. The van der Waals surface area contributed by atoms with E-state index >= 15 is 0 Å². The molecule has 0 bridgehead atoms. The second-order valence-corrected chi connectivity index (χ2v) is 5.16. The van der Waals surface area contributed by atoms with Gasteiger partial charge in [0.05, 0.1) is 0 Å². The molecule has 2 heteroatoms. The maximum atomic E-state index is 4.09. The second-order valence-electron chi connectivity index (χ2n) is 5.16. The first-order valence-corrected chi connectivity index (χ1v) is 7.54. The summed E-state index contributed by atoms with van der Waals surface area (Å²) in [5.74, 6) is 0. The lowest BCUT2D eigenvalue weighted by molar-refractivity contribution is 0.549. The second kappa shape index (κ2) is 7.81. The van der Waals surface area contributed by atoms with E-state index in [0.717, 1.165) is 19.4 Å². The van der Waals surface area contributed by atoms with E-state index in [2.05, 4.69) is 60.5 Å². The highest BCUT2D eigenvalue weighted by molar-refractivity contribution is 5.28. The lowest BCUT2D eigenvalue weighted by Crippen LogP contribution is -2.23. The average Bonchev–Trinajstić information content (AvgIpc) is 2.49. The minimum Gasteiger partial charge on any atom is -0.310 e. The zero-order chi connectivity index (χ0) is 14.2. The van der Waals surface area contributed by atoms with Crippen LogP contribution in [0.5, 0.6) is 0 Å². The van der Waals surface area contributed by atoms with Crippen molar-refractivity contribution in [2.75, 3.05) is 6.54 Å². The minimum atomic E-state index is 0.374. The number of pyridine rings is 1. The third-order valence-corrected chi connectivity index (χ3v) is 3.53. The van der Waals surface area contributed by atoms with Crippen molar-refractivity contribution in [1.82, 2.24) is 10.3 Å². The van der Waals surface area contributed by atoms with Gasteiger partial charge in [0.15, 0.2) is 0 Å². The fourth-order valence-electron chi connectivity index (χ4n) is 2.56. The smallest absolute Gasteiger partial charge is 0.0360 e. The molecule has 0 saturated heterocycles. The number of nitrogens with zero attached hydrogens (tertiary/aromatic N) is 1. The van der Waals surface area contributed by atoms with Crippen LogP contribution in [0.2, 0.25) is 0 Å². The Morgan fingerprint density at radius 2 is 1.85 bits per heavy atom. The number of benzene rings is 1. The van der Waals surface area contributed by atoms with Crippen LogP contribution in [-0.2, 0) is 12.8 Å². The maximum absolute atomic E-state index is 4.09. The quantitative estimate of drug-likeness (QED) is 0.823. The molecule has 2 rings (SSSR count). The van der Waals surface area contributed by atoms with E-state index in [0.29, 0.717) is 6.04 Å². The lowest BCUT2D eigenvalue weighted by atomic mass is 9.97. The van der Waals surface area contributed by atoms with Gasteiger partial charge in [-0.2, -0.15) is 0 Å². The molecule has 1 N–H and O–H groups in total. The molecule has 2 nitrogen and oxygen atoms in total. The van der Waals surface area contributed by atoms with Crippen LogP contribution < -0.4 is 5.32 Å². The standard InChI is InChI=1S/C18H24N2/c1-3-6-15-7-5-8-17(13-15)18(20-4-2)14-16-9-11-19-12-10-16/h5,7-13,18,20H,3-4,6,14H2,1-2H3. The predicted octanol–water partition coefficient (Wildman–Crippen LogP) is 3.93. The van der Waals surface area contributed by atoms with Gasteiger partial charge in [0, 0.05) is 18.4 Å². The molecular formula is C18H24N2. The van der Waals surface area contributed by atoms with Gasteiger partial charge in [-0.25, -0.2) is 0 Å². The molecule has 0 fully saturated rings. The van der Waals surface area contributed by atoms with Crippen LogP contribution in [0.4, 0.5) is 0 Å². The van der Waals surface area contributed by atoms with Gasteiger partial charge in [-0.1, -0.05) is 44.5 Å². The number of aryl methyl sites for hydroxylation is 1. The molecule has 0 aliphatic carbocycles. The number of aromatic nitrogens is 1. The zero-order valence-electron chi connectivity index (χ0n) is 12.5. The van der Waals surface area contributed by atoms with Crippen molar-refractivity contribution in [3.05, 3.63) is 65.5 Å². The van der Waals surface area contributed by atoms with Gasteiger partial charge in [-0.3, -0.25) is 4.98 Å². The van der Waals surface area contributed by atoms with E-state index in [1.807, 2.05) is 12.4 Å². The Balaban J connectivity index is 2.17. The third kappa shape index (κ3) is 4.17. The van der Waals surface area contributed by atoms with E-state index in [1.54, 1.807) is 0 Å². The van der Waals surface area contributed by atoms with Crippen LogP contribution >= 0.6 is 0 Å². The van der Waals surface area contributed by atoms with Crippen molar-refractivity contribution >= 4 is 0 Å². The number of likely N-dealkylation sites (N-methyl/N-ethyl adjacent to an activating group) is 1. The molecule has 2 aromatic rings. The van der Waals surface area contributed by atoms with Gasteiger partial charge >= 0.3 is 0 Å². The Morgan fingerprint density at radius 1 is 1.05 bits per heavy atom. The Labute approximate surface area is 122 Å². The largest absolute Gasteiger partial charge is 0.310 e. The highest BCUT2D eigenvalue weighted by atomic mass is 14.9. The molecule has 1 aromatic carbocycles. The van der Waals surface area contributed by atoms with Crippen molar-refractivity contribution in [1.29, 1.82) is 0 Å². The van der Waals surface area contributed by atoms with Crippen molar-refractivity contribution < 1.29 is 0 Å². The first-order chi connectivity index (χ1) is 9.83. The average molecular weight is 268 g/mol. The third-order valence-electron chi connectivity index (χ3n) is 3.53. The molecule has 106 valence electrons. The lowest BCUT2D eigenvalue weighted by Gasteiger charge is -2.19. The Kier molecular flexibility index (Phi) is 5.75. The summed E-state index contributed by atoms with van der Waals surface area (Å²) in [6.07, 6.45) is 7.09. The summed E-state index contributed by atoms with van der Waals surface area (Å²) in [5, 5.41) is 3.60. The van der Waals surface area contributed by atoms with Crippen LogP contribution in [0.3, 0.4) is 0 Å². The molecule has 0 amide bonds. The summed E-state index contributed by atoms with van der Waals surface area (Å²) in [6, 6.07) is 13.5. The molecule has 1 atom stereocenters. The van der Waals surface area contributed by atoms with E-state index in [1.165, 1.54) is 23.1 Å². The summed E-state index contributed by atoms with van der Waals surface area (Å²) < 4.78 is 0. The molecule has 0 aliphatic heterocycles. The number of rotatable bonds is 7. The summed E-state index contributed by atoms with van der Waals surface area (Å²) in [5.41, 5.74) is 4.14. The molecule has 0 saturated carbocycles. The normalized spacial score (nSPS) is 12.3. The van der Waals surface area contributed by atoms with Gasteiger partial charge in [-0.05, 0) is 48.2 Å². The van der Waals surface area contributed by atoms with E-state index in [-0.39, 0.29) is 0 Å². The van der Waals surface area contributed by atoms with Crippen LogP contribution in [0, 0.1) is 0 Å². The zero-order valence-corrected chi connectivity index (χ0v) is 12.5. The number of hydrogen-bond acceptors (Lipinski definition) is 2. The number of hydrogen-bond donors (Lipinski definition) is 1. The molecule has 1 heterocycles. The van der Waals surface area contributed by atoms with Crippen molar-refractivity contribution in [3.63, 3.8) is 0 Å². The summed E-state index contributed by atoms with van der Waals surface area (Å²) >= 11 is 0. The fourth-order valence-corrected chi connectivity index (χ4v) is 2.56. The van der Waals surface area contributed by atoms with Gasteiger partial charge in [0.1, 0.15) is 0 Å². The summed E-state index contributed by atoms with van der Waals surface area (Å²) in [7, 11) is 0. The number of nitrogens with one attached hydrogen (secondary N) is 1. The first kappa shape index (κ1) is 14.7. The van der Waals surface area contributed by atoms with Gasteiger partial charge in [-0.15, -0.1) is 0 Å². The van der Waals surface area contributed by atoms with Crippen molar-refractivity contribution in [3.8, 4) is 0 Å². The Morgan fingerprint density at radius 3 is 2.55 bits per heavy atom. The summed E-state index contributed by atoms with van der Waals surface area (Å²) in [6.45, 7) is 5.37. The van der Waals surface area contributed by atoms with E-state index in [4.69, 9.17) is 0 Å². The summed E-state index contributed by atoms with van der Waals surface area (Å²) in [4.78, 5) is 4.09. The molecule has 0 radical (unpaired) electrons. The molecule has 1 aromatic heterocycles. The highest BCUT2D eigenvalue weighted by Crippen LogP contribution is 2.20. The monoisotopic (exact) mass is 268 g/mol. The van der Waals surface area contributed by atoms with Crippen LogP contribution in [0.25, 0.3) is 0 Å². The van der Waals surface area contributed by atoms with Crippen molar-refractivity contribution in [2.24, 2.45) is 0 Å². The van der Waals surface area contributed by atoms with Crippen LogP contribution in [0.15, 0.2) is 48.8 Å². The molecule has 1 unspecified atom stereocenters. The molecule has 20 heavy (non-hydrogen) atoms. The SMILES string of the molecule is CCCc1cccc(C(Cc2ccncc2)NCC)c1. The first-order valence-electron chi connectivity index (χ1n) is 7.54. The predicted molar refractivity (Wildman–Crippen MR) is 84.8 cm³/mol. The van der Waals surface area contributed by atoms with E-state index in [9.17, 15) is 0 Å². The fraction of sp³-hybridized carbons (Fsp3) is 0.389. The van der Waals surface area contributed by atoms with E-state index < -0.39 is 0 Å². The molecule has 0 spiro atoms. The van der Waals surface area contributed by atoms with Gasteiger partial charge < -0.3 is 5.32 Å². The highest BCUT2D eigenvalue weighted by Gasteiger charge is 2.11. The molecule has 0 aliphatic rings. The Hall–Kier alpha value is -1.67. The minimum absolute atomic E-state index is 0.374. The van der Waals surface area contributed by atoms with Crippen LogP contribution in [0.1, 0.15) is 43.0 Å².